The molecule has 0 saturated carbocycles. The second kappa shape index (κ2) is 7.53. The number of aryl methyl sites for hydroxylation is 2. The summed E-state index contributed by atoms with van der Waals surface area (Å²) in [6.45, 7) is 3.75. The largest absolute Gasteiger partial charge is 0.449 e. The first-order valence-electron chi connectivity index (χ1n) is 8.81. The maximum atomic E-state index is 13.4. The van der Waals surface area contributed by atoms with Gasteiger partial charge >= 0.3 is 6.18 Å². The van der Waals surface area contributed by atoms with Gasteiger partial charge in [0, 0.05) is 6.42 Å². The molecule has 0 spiro atoms. The third-order valence-corrected chi connectivity index (χ3v) is 4.34. The minimum atomic E-state index is -4.73. The molecule has 28 heavy (non-hydrogen) atoms. The van der Waals surface area contributed by atoms with Crippen LogP contribution >= 0.6 is 0 Å². The first kappa shape index (κ1) is 19.7. The molecule has 148 valence electrons. The van der Waals surface area contributed by atoms with Crippen LogP contribution < -0.4 is 11.3 Å². The van der Waals surface area contributed by atoms with Crippen LogP contribution in [0.4, 0.5) is 18.9 Å². The summed E-state index contributed by atoms with van der Waals surface area (Å²) in [5.41, 5.74) is 4.58. The number of benzene rings is 1. The Morgan fingerprint density at radius 1 is 1.25 bits per heavy atom. The molecule has 1 aromatic carbocycles. The van der Waals surface area contributed by atoms with Gasteiger partial charge in [0.1, 0.15) is 12.0 Å². The van der Waals surface area contributed by atoms with E-state index < -0.39 is 23.0 Å². The molecule has 0 atom stereocenters. The highest BCUT2D eigenvalue weighted by molar-refractivity contribution is 5.65. The topological polar surface area (TPSA) is 74.1 Å². The summed E-state index contributed by atoms with van der Waals surface area (Å²) < 4.78 is 46.7. The fraction of sp³-hybridized carbons (Fsp3) is 0.300. The van der Waals surface area contributed by atoms with E-state index in [1.54, 1.807) is 18.2 Å². The number of oxazole rings is 1. The molecule has 0 amide bonds. The lowest BCUT2D eigenvalue weighted by atomic mass is 10.0. The van der Waals surface area contributed by atoms with Gasteiger partial charge in [0.05, 0.1) is 23.5 Å². The number of pyridine rings is 1. The van der Waals surface area contributed by atoms with Crippen LogP contribution in [0.15, 0.2) is 45.8 Å². The lowest BCUT2D eigenvalue weighted by Crippen LogP contribution is -2.28. The summed E-state index contributed by atoms with van der Waals surface area (Å²) >= 11 is 0. The number of aromatic nitrogens is 2. The van der Waals surface area contributed by atoms with Crippen molar-refractivity contribution in [3.63, 3.8) is 0 Å². The molecule has 2 aromatic heterocycles. The van der Waals surface area contributed by atoms with Crippen LogP contribution in [0.1, 0.15) is 36.1 Å². The monoisotopic (exact) mass is 391 g/mol. The van der Waals surface area contributed by atoms with Gasteiger partial charge in [-0.3, -0.25) is 4.79 Å². The van der Waals surface area contributed by atoms with Gasteiger partial charge in [-0.2, -0.15) is 13.2 Å². The van der Waals surface area contributed by atoms with Crippen LogP contribution in [-0.4, -0.2) is 9.55 Å². The Bertz CT molecular complexity index is 1050. The van der Waals surface area contributed by atoms with E-state index in [9.17, 15) is 18.0 Å². The Balaban J connectivity index is 2.19. The first-order chi connectivity index (χ1) is 13.2. The Labute approximate surface area is 159 Å². The van der Waals surface area contributed by atoms with E-state index in [0.717, 1.165) is 18.1 Å². The van der Waals surface area contributed by atoms with Crippen molar-refractivity contribution in [3.05, 3.63) is 69.7 Å². The fourth-order valence-electron chi connectivity index (χ4n) is 3.01. The second-order valence-electron chi connectivity index (χ2n) is 6.60. The van der Waals surface area contributed by atoms with E-state index in [2.05, 4.69) is 4.98 Å². The lowest BCUT2D eigenvalue weighted by Gasteiger charge is -2.17. The molecule has 2 N–H and O–H groups in total. The van der Waals surface area contributed by atoms with Crippen LogP contribution in [0, 0.1) is 6.92 Å². The normalized spacial score (nSPS) is 11.8. The minimum absolute atomic E-state index is 0.0440. The van der Waals surface area contributed by atoms with Gasteiger partial charge in [0.25, 0.3) is 5.56 Å². The number of alkyl halides is 3. The van der Waals surface area contributed by atoms with Crippen molar-refractivity contribution < 1.29 is 17.6 Å². The average molecular weight is 391 g/mol. The van der Waals surface area contributed by atoms with Crippen molar-refractivity contribution in [2.75, 3.05) is 5.73 Å². The van der Waals surface area contributed by atoms with Crippen molar-refractivity contribution in [1.82, 2.24) is 9.55 Å². The molecule has 0 unspecified atom stereocenters. The Kier molecular flexibility index (Phi) is 5.31. The molecule has 3 aromatic rings. The third-order valence-electron chi connectivity index (χ3n) is 4.34. The number of hydrogen-bond acceptors (Lipinski definition) is 4. The summed E-state index contributed by atoms with van der Waals surface area (Å²) in [6, 6.07) is 7.83. The maximum absolute atomic E-state index is 13.4. The van der Waals surface area contributed by atoms with Crippen LogP contribution in [0.5, 0.6) is 0 Å². The van der Waals surface area contributed by atoms with Gasteiger partial charge in [-0.05, 0) is 31.0 Å². The molecular weight excluding hydrogens is 371 g/mol. The molecule has 0 saturated heterocycles. The zero-order valence-corrected chi connectivity index (χ0v) is 15.5. The fourth-order valence-corrected chi connectivity index (χ4v) is 3.01. The Morgan fingerprint density at radius 2 is 2.00 bits per heavy atom. The number of hydrogen-bond donors (Lipinski definition) is 1. The maximum Gasteiger partial charge on any atom is 0.418 e. The van der Waals surface area contributed by atoms with E-state index in [1.165, 1.54) is 10.8 Å². The highest BCUT2D eigenvalue weighted by atomic mass is 19.4. The summed E-state index contributed by atoms with van der Waals surface area (Å²) in [5.74, 6) is 0.516. The smallest absolute Gasteiger partial charge is 0.418 e. The number of halogens is 3. The van der Waals surface area contributed by atoms with Crippen molar-refractivity contribution in [2.45, 2.75) is 39.4 Å². The molecule has 0 aliphatic rings. The van der Waals surface area contributed by atoms with Crippen LogP contribution in [0.2, 0.25) is 0 Å². The molecule has 0 aliphatic heterocycles. The average Bonchev–Trinajstić information content (AvgIpc) is 3.05. The zero-order valence-electron chi connectivity index (χ0n) is 15.5. The number of nitrogens with zero attached hydrogens (tertiary/aromatic N) is 2. The van der Waals surface area contributed by atoms with Crippen molar-refractivity contribution in [1.29, 1.82) is 0 Å². The van der Waals surface area contributed by atoms with Gasteiger partial charge < -0.3 is 14.7 Å². The van der Waals surface area contributed by atoms with Crippen molar-refractivity contribution in [3.8, 4) is 11.3 Å². The number of nitrogen functional groups attached to an aromatic ring is 1. The lowest BCUT2D eigenvalue weighted by molar-refractivity contribution is -0.137. The van der Waals surface area contributed by atoms with E-state index >= 15 is 0 Å². The van der Waals surface area contributed by atoms with E-state index in [4.69, 9.17) is 10.2 Å². The van der Waals surface area contributed by atoms with E-state index in [-0.39, 0.29) is 12.2 Å². The molecule has 8 heteroatoms. The van der Waals surface area contributed by atoms with E-state index in [1.807, 2.05) is 19.9 Å². The van der Waals surface area contributed by atoms with Crippen LogP contribution in [-0.2, 0) is 19.1 Å². The first-order valence-corrected chi connectivity index (χ1v) is 8.81. The molecule has 0 aliphatic carbocycles. The van der Waals surface area contributed by atoms with Gasteiger partial charge in [-0.25, -0.2) is 4.98 Å². The molecule has 3 rings (SSSR count). The number of anilines is 1. The summed E-state index contributed by atoms with van der Waals surface area (Å²) in [7, 11) is 0. The highest BCUT2D eigenvalue weighted by Crippen LogP contribution is 2.35. The molecule has 5 nitrogen and oxygen atoms in total. The number of rotatable bonds is 5. The minimum Gasteiger partial charge on any atom is -0.449 e. The summed E-state index contributed by atoms with van der Waals surface area (Å²) in [4.78, 5) is 17.0. The molecule has 0 fully saturated rings. The Hall–Kier alpha value is -3.03. The van der Waals surface area contributed by atoms with Gasteiger partial charge in [-0.1, -0.05) is 30.7 Å². The quantitative estimate of drug-likeness (QED) is 0.699. The molecule has 2 heterocycles. The third kappa shape index (κ3) is 3.95. The number of nitrogens with two attached hydrogens (primary N) is 1. The van der Waals surface area contributed by atoms with Crippen LogP contribution in [0.25, 0.3) is 11.3 Å². The molecule has 0 bridgehead atoms. The van der Waals surface area contributed by atoms with Crippen molar-refractivity contribution >= 4 is 5.69 Å². The second-order valence-corrected chi connectivity index (χ2v) is 6.60. The Morgan fingerprint density at radius 3 is 2.64 bits per heavy atom. The molecular formula is C20H20F3N3O2. The van der Waals surface area contributed by atoms with Gasteiger partial charge in [0.2, 0.25) is 0 Å². The molecule has 0 radical (unpaired) electrons. The SMILES string of the molecule is CCCc1nc(Cn2c(-c3cccc(C)c3)cc(C(F)(F)F)c(N)c2=O)co1. The zero-order chi connectivity index (χ0) is 20.5. The predicted molar refractivity (Wildman–Crippen MR) is 99.9 cm³/mol. The summed E-state index contributed by atoms with van der Waals surface area (Å²) in [6.07, 6.45) is -1.86. The predicted octanol–water partition coefficient (Wildman–Crippen LogP) is 4.41. The van der Waals surface area contributed by atoms with Crippen LogP contribution in [0.3, 0.4) is 0 Å². The van der Waals surface area contributed by atoms with Crippen molar-refractivity contribution in [2.24, 2.45) is 0 Å². The summed E-state index contributed by atoms with van der Waals surface area (Å²) in [5, 5.41) is 0. The highest BCUT2D eigenvalue weighted by Gasteiger charge is 2.35. The standard InChI is InChI=1S/C20H20F3N3O2/c1-3-5-17-25-14(11-28-17)10-26-16(13-7-4-6-12(2)8-13)9-15(20(21,22)23)18(24)19(26)27/h4,6-9,11H,3,5,10,24H2,1-2H3. The van der Waals surface area contributed by atoms with E-state index in [0.29, 0.717) is 23.6 Å². The van der Waals surface area contributed by atoms with Gasteiger partial charge in [0.15, 0.2) is 5.89 Å². The van der Waals surface area contributed by atoms with Gasteiger partial charge in [-0.15, -0.1) is 0 Å².